The molecule has 1 aromatic heterocycles. The van der Waals surface area contributed by atoms with Gasteiger partial charge in [0, 0.05) is 17.4 Å². The number of aliphatic carboxylic acids is 1. The monoisotopic (exact) mass is 606 g/mol. The van der Waals surface area contributed by atoms with Crippen LogP contribution in [0.4, 0.5) is 11.4 Å². The summed E-state index contributed by atoms with van der Waals surface area (Å²) < 4.78 is 31.9. The Morgan fingerprint density at radius 2 is 1.88 bits per heavy atom. The number of nitrogens with one attached hydrogen (secondary N) is 1. The Bertz CT molecular complexity index is 1540. The summed E-state index contributed by atoms with van der Waals surface area (Å²) in [6, 6.07) is 14.3. The lowest BCUT2D eigenvalue weighted by atomic mass is 9.74. The van der Waals surface area contributed by atoms with Gasteiger partial charge in [-0.25, -0.2) is 18.0 Å². The van der Waals surface area contributed by atoms with Crippen molar-refractivity contribution in [1.29, 1.82) is 0 Å². The summed E-state index contributed by atoms with van der Waals surface area (Å²) in [6.07, 6.45) is 1.80. The Labute approximate surface area is 241 Å². The van der Waals surface area contributed by atoms with E-state index >= 15 is 0 Å². The number of carbonyl (C=O) groups is 2. The van der Waals surface area contributed by atoms with E-state index in [0.29, 0.717) is 41.0 Å². The highest BCUT2D eigenvalue weighted by molar-refractivity contribution is 7.91. The van der Waals surface area contributed by atoms with E-state index in [0.717, 1.165) is 17.0 Å². The van der Waals surface area contributed by atoms with E-state index < -0.39 is 39.0 Å². The van der Waals surface area contributed by atoms with Crippen molar-refractivity contribution in [3.05, 3.63) is 64.0 Å². The number of aromatic carboxylic acids is 1. The first-order valence-electron chi connectivity index (χ1n) is 12.6. The van der Waals surface area contributed by atoms with E-state index in [-0.39, 0.29) is 27.4 Å². The van der Waals surface area contributed by atoms with Gasteiger partial charge < -0.3 is 26.0 Å². The van der Waals surface area contributed by atoms with Crippen LogP contribution in [0.2, 0.25) is 5.02 Å². The molecule has 2 aromatic carbocycles. The molecule has 1 saturated carbocycles. The van der Waals surface area contributed by atoms with Crippen LogP contribution in [0.15, 0.2) is 48.5 Å². The highest BCUT2D eigenvalue weighted by atomic mass is 35.5. The fraction of sp³-hybridized carbons (Fsp3) is 0.357. The van der Waals surface area contributed by atoms with Crippen LogP contribution in [-0.4, -0.2) is 48.5 Å². The van der Waals surface area contributed by atoms with Crippen molar-refractivity contribution < 1.29 is 33.0 Å². The number of ether oxygens (including phenoxy) is 1. The molecular formula is C28H31ClN2O7S2. The van der Waals surface area contributed by atoms with Gasteiger partial charge in [0.1, 0.15) is 5.02 Å². The molecule has 0 bridgehead atoms. The second-order valence-electron chi connectivity index (χ2n) is 10.6. The van der Waals surface area contributed by atoms with Crippen molar-refractivity contribution >= 4 is 56.1 Å². The number of rotatable bonds is 10. The van der Waals surface area contributed by atoms with Gasteiger partial charge >= 0.3 is 11.9 Å². The largest absolute Gasteiger partial charge is 0.479 e. The summed E-state index contributed by atoms with van der Waals surface area (Å²) in [6.45, 7) is 3.25. The molecule has 1 aliphatic rings. The zero-order valence-corrected chi connectivity index (χ0v) is 24.4. The minimum Gasteiger partial charge on any atom is -0.479 e. The molecule has 5 N–H and O–H groups in total. The van der Waals surface area contributed by atoms with Crippen LogP contribution in [-0.2, 0) is 20.4 Å². The van der Waals surface area contributed by atoms with E-state index in [1.54, 1.807) is 36.4 Å². The molecule has 4 rings (SSSR count). The molecule has 40 heavy (non-hydrogen) atoms. The maximum absolute atomic E-state index is 13.4. The van der Waals surface area contributed by atoms with Crippen molar-refractivity contribution in [2.24, 2.45) is 5.41 Å². The van der Waals surface area contributed by atoms with Gasteiger partial charge in [0.25, 0.3) is 0 Å². The highest BCUT2D eigenvalue weighted by Crippen LogP contribution is 2.46. The highest BCUT2D eigenvalue weighted by Gasteiger charge is 2.44. The number of thiophene rings is 1. The number of hydrogen-bond donors (Lipinski definition) is 4. The number of halogens is 1. The first-order valence-corrected chi connectivity index (χ1v) is 15.5. The third kappa shape index (κ3) is 6.71. The van der Waals surface area contributed by atoms with E-state index in [1.165, 1.54) is 0 Å². The molecule has 0 amide bonds. The zero-order valence-electron chi connectivity index (χ0n) is 22.0. The fourth-order valence-electron chi connectivity index (χ4n) is 5.39. The van der Waals surface area contributed by atoms with Gasteiger partial charge in [-0.15, -0.1) is 11.3 Å². The predicted molar refractivity (Wildman–Crippen MR) is 157 cm³/mol. The molecule has 0 spiro atoms. The summed E-state index contributed by atoms with van der Waals surface area (Å²) in [4.78, 5) is 22.9. The summed E-state index contributed by atoms with van der Waals surface area (Å²) >= 11 is 7.35. The summed E-state index contributed by atoms with van der Waals surface area (Å²) in [5.74, 6) is -2.74. The molecule has 1 heterocycles. The Morgan fingerprint density at radius 1 is 1.15 bits per heavy atom. The molecule has 0 radical (unpaired) electrons. The lowest BCUT2D eigenvalue weighted by Gasteiger charge is -2.42. The lowest BCUT2D eigenvalue weighted by Crippen LogP contribution is -2.45. The van der Waals surface area contributed by atoms with Gasteiger partial charge in [-0.2, -0.15) is 0 Å². The van der Waals surface area contributed by atoms with E-state index in [9.17, 15) is 23.1 Å². The molecule has 3 aromatic rings. The molecule has 1 fully saturated rings. The van der Waals surface area contributed by atoms with E-state index in [4.69, 9.17) is 27.2 Å². The first-order chi connectivity index (χ1) is 18.8. The van der Waals surface area contributed by atoms with Crippen LogP contribution < -0.4 is 15.8 Å². The van der Waals surface area contributed by atoms with Crippen molar-refractivity contribution in [3.8, 4) is 16.2 Å². The fourth-order valence-corrected chi connectivity index (χ4v) is 9.20. The molecule has 0 aliphatic heterocycles. The van der Waals surface area contributed by atoms with Crippen LogP contribution in [0, 0.1) is 5.41 Å². The molecule has 12 heteroatoms. The third-order valence-corrected chi connectivity index (χ3v) is 11.2. The zero-order chi connectivity index (χ0) is 29.2. The number of nitrogens with two attached hydrogens (primary N) is 1. The molecule has 0 saturated heterocycles. The smallest absolute Gasteiger partial charge is 0.349 e. The first kappa shape index (κ1) is 29.7. The summed E-state index contributed by atoms with van der Waals surface area (Å²) in [7, 11) is -3.42. The second kappa shape index (κ2) is 11.7. The van der Waals surface area contributed by atoms with Gasteiger partial charge in [-0.05, 0) is 60.1 Å². The van der Waals surface area contributed by atoms with Gasteiger partial charge in [0.2, 0.25) is 0 Å². The van der Waals surface area contributed by atoms with Crippen molar-refractivity contribution in [1.82, 2.24) is 0 Å². The van der Waals surface area contributed by atoms with Crippen molar-refractivity contribution in [2.45, 2.75) is 50.2 Å². The van der Waals surface area contributed by atoms with Gasteiger partial charge in [0.15, 0.2) is 27.1 Å². The summed E-state index contributed by atoms with van der Waals surface area (Å²) in [5, 5.41) is 21.5. The standard InChI is InChI=1S/C28H31ClN2O7S2/c1-28(2)13-20(9-10-21(28)40(36,37)15-16-5-3-7-18(30)11-16)31-19-8-4-6-17(12-19)25-23(29)24(38-14-22(32)33)26(39-25)27(34)35/h3-8,11-12,20-21,31H,9-10,13-15,30H2,1-2H3,(H,32,33)(H,34,35)/t20-,21?/m1/s1. The average Bonchev–Trinajstić information content (AvgIpc) is 3.18. The van der Waals surface area contributed by atoms with E-state index in [2.05, 4.69) is 5.32 Å². The molecule has 2 atom stereocenters. The normalized spacial score (nSPS) is 18.7. The average molecular weight is 607 g/mol. The number of benzene rings is 2. The second-order valence-corrected chi connectivity index (χ2v) is 14.2. The minimum absolute atomic E-state index is 0.0203. The molecule has 9 nitrogen and oxygen atoms in total. The number of carboxylic acids is 2. The maximum atomic E-state index is 13.4. The Hall–Kier alpha value is -3.28. The van der Waals surface area contributed by atoms with Gasteiger partial charge in [-0.3, -0.25) is 0 Å². The Morgan fingerprint density at radius 3 is 2.52 bits per heavy atom. The quantitative estimate of drug-likeness (QED) is 0.210. The van der Waals surface area contributed by atoms with Crippen LogP contribution in [0.25, 0.3) is 10.4 Å². The minimum atomic E-state index is -3.42. The Kier molecular flexibility index (Phi) is 8.67. The summed E-state index contributed by atoms with van der Waals surface area (Å²) in [5.41, 5.74) is 8.00. The maximum Gasteiger partial charge on any atom is 0.349 e. The molecular weight excluding hydrogens is 576 g/mol. The molecule has 214 valence electrons. The van der Waals surface area contributed by atoms with E-state index in [1.807, 2.05) is 26.0 Å². The number of sulfone groups is 1. The predicted octanol–water partition coefficient (Wildman–Crippen LogP) is 5.79. The molecule has 1 unspecified atom stereocenters. The Balaban J connectivity index is 1.50. The topological polar surface area (TPSA) is 156 Å². The SMILES string of the molecule is CC1(C)C[C@H](Nc2cccc(-c3sc(C(=O)O)c(OCC(=O)O)c3Cl)c2)CCC1S(=O)(=O)Cc1cccc(N)c1. The van der Waals surface area contributed by atoms with Crippen LogP contribution in [0.5, 0.6) is 5.75 Å². The van der Waals surface area contributed by atoms with Gasteiger partial charge in [0.05, 0.1) is 15.9 Å². The number of anilines is 2. The van der Waals surface area contributed by atoms with Crippen LogP contribution in [0.1, 0.15) is 48.3 Å². The van der Waals surface area contributed by atoms with Crippen molar-refractivity contribution in [2.75, 3.05) is 17.7 Å². The van der Waals surface area contributed by atoms with Crippen LogP contribution in [0.3, 0.4) is 0 Å². The third-order valence-electron chi connectivity index (χ3n) is 7.01. The number of nitrogen functional groups attached to an aromatic ring is 1. The number of hydrogen-bond acceptors (Lipinski definition) is 8. The van der Waals surface area contributed by atoms with Crippen molar-refractivity contribution in [3.63, 3.8) is 0 Å². The lowest BCUT2D eigenvalue weighted by molar-refractivity contribution is -0.139. The van der Waals surface area contributed by atoms with Crippen LogP contribution >= 0.6 is 22.9 Å². The number of carboxylic acid groups (broad SMARTS) is 2. The molecule has 1 aliphatic carbocycles. The van der Waals surface area contributed by atoms with Gasteiger partial charge in [-0.1, -0.05) is 49.7 Å².